The maximum Gasteiger partial charge on any atom is 0.405 e. The Kier molecular flexibility index (Phi) is 16.2. The van der Waals surface area contributed by atoms with Gasteiger partial charge in [0.2, 0.25) is 5.91 Å². The van der Waals surface area contributed by atoms with E-state index in [9.17, 15) is 18.0 Å². The van der Waals surface area contributed by atoms with Gasteiger partial charge in [0.05, 0.1) is 6.54 Å². The van der Waals surface area contributed by atoms with Crippen LogP contribution in [0.1, 0.15) is 20.8 Å². The predicted octanol–water partition coefficient (Wildman–Crippen LogP) is 1.39. The molecule has 0 rings (SSSR count). The van der Waals surface area contributed by atoms with Gasteiger partial charge in [-0.05, 0) is 19.6 Å². The van der Waals surface area contributed by atoms with Gasteiger partial charge in [-0.1, -0.05) is 20.8 Å². The van der Waals surface area contributed by atoms with Gasteiger partial charge in [0.1, 0.15) is 6.54 Å². The summed E-state index contributed by atoms with van der Waals surface area (Å²) < 4.78 is 33.9. The number of hydrogen-bond donors (Lipinski definition) is 2. The number of nitrogens with one attached hydrogen (secondary N) is 1. The minimum Gasteiger partial charge on any atom is -0.346 e. The Bertz CT molecular complexity index is 194. The Morgan fingerprint density at radius 3 is 1.72 bits per heavy atom. The van der Waals surface area contributed by atoms with Crippen LogP contribution < -0.4 is 11.1 Å². The molecule has 0 saturated heterocycles. The number of nitrogens with two attached hydrogens (primary N) is 1. The van der Waals surface area contributed by atoms with Crippen LogP contribution in [0.5, 0.6) is 0 Å². The van der Waals surface area contributed by atoms with Crippen molar-refractivity contribution < 1.29 is 18.0 Å². The Hall–Kier alpha value is -0.530. The van der Waals surface area contributed by atoms with Crippen molar-refractivity contribution in [3.8, 4) is 0 Å². The van der Waals surface area contributed by atoms with Gasteiger partial charge in [0.25, 0.3) is 0 Å². The van der Waals surface area contributed by atoms with Crippen LogP contribution in [0, 0.1) is 0 Å². The highest BCUT2D eigenvalue weighted by molar-refractivity contribution is 5.85. The third kappa shape index (κ3) is 17.9. The van der Waals surface area contributed by atoms with Crippen LogP contribution in [0.4, 0.5) is 13.2 Å². The summed E-state index contributed by atoms with van der Waals surface area (Å²) in [5, 5.41) is 1.58. The molecule has 0 saturated carbocycles. The van der Waals surface area contributed by atoms with Gasteiger partial charge >= 0.3 is 6.18 Å². The first-order valence-corrected chi connectivity index (χ1v) is 5.56. The molecular formula is C10H23ClF3N3O. The molecule has 0 aromatic heterocycles. The second-order valence-electron chi connectivity index (χ2n) is 3.22. The molecule has 0 spiro atoms. The van der Waals surface area contributed by atoms with Crippen molar-refractivity contribution in [2.45, 2.75) is 26.9 Å². The number of amides is 1. The molecule has 0 fully saturated rings. The first kappa shape index (κ1) is 22.6. The Morgan fingerprint density at radius 1 is 1.17 bits per heavy atom. The van der Waals surface area contributed by atoms with Crippen molar-refractivity contribution in [2.24, 2.45) is 5.73 Å². The number of rotatable bonds is 5. The van der Waals surface area contributed by atoms with Crippen LogP contribution in [0.3, 0.4) is 0 Å². The van der Waals surface area contributed by atoms with Gasteiger partial charge in [-0.2, -0.15) is 13.2 Å². The fourth-order valence-corrected chi connectivity index (χ4v) is 0.942. The lowest BCUT2D eigenvalue weighted by molar-refractivity contribution is -0.137. The quantitative estimate of drug-likeness (QED) is 0.805. The molecule has 0 radical (unpaired) electrons. The lowest BCUT2D eigenvalue weighted by atomic mass is 10.5. The molecule has 8 heteroatoms. The first-order chi connectivity index (χ1) is 7.80. The van der Waals surface area contributed by atoms with Crippen molar-refractivity contribution in [1.29, 1.82) is 0 Å². The van der Waals surface area contributed by atoms with Crippen LogP contribution >= 0.6 is 12.4 Å². The van der Waals surface area contributed by atoms with E-state index < -0.39 is 25.2 Å². The maximum atomic E-state index is 11.3. The Morgan fingerprint density at radius 2 is 1.56 bits per heavy atom. The normalized spacial score (nSPS) is 10.2. The van der Waals surface area contributed by atoms with E-state index in [2.05, 4.69) is 25.7 Å². The lowest BCUT2D eigenvalue weighted by Gasteiger charge is -2.13. The average molecular weight is 294 g/mol. The summed E-state index contributed by atoms with van der Waals surface area (Å²) in [7, 11) is 0. The predicted molar refractivity (Wildman–Crippen MR) is 68.8 cm³/mol. The van der Waals surface area contributed by atoms with Crippen molar-refractivity contribution in [3.05, 3.63) is 0 Å². The number of halogens is 4. The second-order valence-corrected chi connectivity index (χ2v) is 3.22. The van der Waals surface area contributed by atoms with E-state index in [1.807, 2.05) is 0 Å². The summed E-state index contributed by atoms with van der Waals surface area (Å²) in [5.41, 5.74) is 4.72. The molecule has 0 aliphatic rings. The molecule has 0 atom stereocenters. The molecule has 1 amide bonds. The average Bonchev–Trinajstić information content (AvgIpc) is 2.28. The highest BCUT2D eigenvalue weighted by Gasteiger charge is 2.27. The summed E-state index contributed by atoms with van der Waals surface area (Å²) in [6, 6.07) is 0. The zero-order valence-corrected chi connectivity index (χ0v) is 11.8. The number of hydrogen-bond acceptors (Lipinski definition) is 3. The number of nitrogens with zero attached hydrogens (tertiary/aromatic N) is 1. The van der Waals surface area contributed by atoms with E-state index in [-0.39, 0.29) is 12.4 Å². The topological polar surface area (TPSA) is 58.4 Å². The minimum absolute atomic E-state index is 0. The summed E-state index contributed by atoms with van der Waals surface area (Å²) in [6.45, 7) is 8.39. The van der Waals surface area contributed by atoms with Crippen molar-refractivity contribution in [1.82, 2.24) is 10.2 Å². The minimum atomic E-state index is -4.36. The molecule has 4 nitrogen and oxygen atoms in total. The van der Waals surface area contributed by atoms with Crippen LogP contribution in [-0.2, 0) is 4.79 Å². The van der Waals surface area contributed by atoms with Crippen molar-refractivity contribution in [3.63, 3.8) is 0 Å². The molecule has 3 N–H and O–H groups in total. The highest BCUT2D eigenvalue weighted by atomic mass is 35.5. The monoisotopic (exact) mass is 293 g/mol. The van der Waals surface area contributed by atoms with Crippen LogP contribution in [0.15, 0.2) is 0 Å². The molecule has 18 heavy (non-hydrogen) atoms. The van der Waals surface area contributed by atoms with Crippen LogP contribution in [0.2, 0.25) is 0 Å². The molecular weight excluding hydrogens is 271 g/mol. The van der Waals surface area contributed by atoms with Gasteiger partial charge in [-0.25, -0.2) is 0 Å². The molecule has 0 bridgehead atoms. The van der Waals surface area contributed by atoms with Crippen LogP contribution in [0.25, 0.3) is 0 Å². The standard InChI is InChI=1S/C6H15N.C4H7F3N2O.ClH/c1-4-7(5-2)6-3;5-4(6,7)2-9-3(10)1-8;/h4-6H2,1-3H3;1-2,8H2,(H,9,10);1H. The molecule has 0 unspecified atom stereocenters. The third-order valence-corrected chi connectivity index (χ3v) is 2.01. The largest absolute Gasteiger partial charge is 0.405 e. The number of carbonyl (C=O) groups excluding carboxylic acids is 1. The molecule has 112 valence electrons. The van der Waals surface area contributed by atoms with E-state index in [0.29, 0.717) is 0 Å². The number of carbonyl (C=O) groups is 1. The summed E-state index contributed by atoms with van der Waals surface area (Å²) in [4.78, 5) is 12.5. The van der Waals surface area contributed by atoms with Gasteiger partial charge in [0, 0.05) is 0 Å². The van der Waals surface area contributed by atoms with Gasteiger partial charge < -0.3 is 16.0 Å². The molecule has 0 heterocycles. The molecule has 0 aliphatic heterocycles. The summed E-state index contributed by atoms with van der Waals surface area (Å²) in [6.07, 6.45) is -4.36. The Labute approximate surface area is 112 Å². The van der Waals surface area contributed by atoms with E-state index in [0.717, 1.165) is 0 Å². The first-order valence-electron chi connectivity index (χ1n) is 5.56. The number of alkyl halides is 3. The van der Waals surface area contributed by atoms with Crippen molar-refractivity contribution in [2.75, 3.05) is 32.7 Å². The fraction of sp³-hybridized carbons (Fsp3) is 0.900. The van der Waals surface area contributed by atoms with E-state index >= 15 is 0 Å². The smallest absolute Gasteiger partial charge is 0.346 e. The zero-order chi connectivity index (χ0) is 13.9. The fourth-order valence-electron chi connectivity index (χ4n) is 0.942. The molecule has 0 aliphatic carbocycles. The summed E-state index contributed by atoms with van der Waals surface area (Å²) >= 11 is 0. The van der Waals surface area contributed by atoms with Crippen LogP contribution in [-0.4, -0.2) is 49.7 Å². The molecule has 0 aromatic carbocycles. The van der Waals surface area contributed by atoms with Gasteiger partial charge in [-0.15, -0.1) is 12.4 Å². The SMILES string of the molecule is CCN(CC)CC.Cl.NCC(=O)NCC(F)(F)F. The van der Waals surface area contributed by atoms with E-state index in [1.54, 1.807) is 5.32 Å². The Balaban J connectivity index is -0.000000251. The van der Waals surface area contributed by atoms with E-state index in [4.69, 9.17) is 5.73 Å². The molecule has 0 aromatic rings. The lowest BCUT2D eigenvalue weighted by Crippen LogP contribution is -2.37. The maximum absolute atomic E-state index is 11.3. The third-order valence-electron chi connectivity index (χ3n) is 2.01. The van der Waals surface area contributed by atoms with Gasteiger partial charge in [0.15, 0.2) is 0 Å². The van der Waals surface area contributed by atoms with E-state index in [1.165, 1.54) is 19.6 Å². The highest BCUT2D eigenvalue weighted by Crippen LogP contribution is 2.11. The zero-order valence-electron chi connectivity index (χ0n) is 11.0. The van der Waals surface area contributed by atoms with Gasteiger partial charge in [-0.3, -0.25) is 4.79 Å². The summed E-state index contributed by atoms with van der Waals surface area (Å²) in [5.74, 6) is -0.808. The van der Waals surface area contributed by atoms with Crippen molar-refractivity contribution >= 4 is 18.3 Å². The second kappa shape index (κ2) is 12.9.